The van der Waals surface area contributed by atoms with Crippen LogP contribution >= 0.6 is 0 Å². The van der Waals surface area contributed by atoms with Gasteiger partial charge in [0.1, 0.15) is 6.61 Å². The topological polar surface area (TPSA) is 151 Å². The smallest absolute Gasteiger partial charge is 0.308 e. The van der Waals surface area contributed by atoms with Crippen LogP contribution in [0.5, 0.6) is 0 Å². The number of hydrogen-bond donors (Lipinski definition) is 3. The number of esters is 2. The maximum absolute atomic E-state index is 12.8. The number of ketones is 1. The van der Waals surface area contributed by atoms with Crippen LogP contribution in [0, 0.1) is 5.92 Å². The third-order valence-electron chi connectivity index (χ3n) is 5.40. The highest BCUT2D eigenvalue weighted by atomic mass is 16.5. The molecule has 0 saturated carbocycles. The minimum absolute atomic E-state index is 0.0686. The van der Waals surface area contributed by atoms with Gasteiger partial charge in [-0.1, -0.05) is 67.6 Å². The van der Waals surface area contributed by atoms with E-state index in [4.69, 9.17) is 20.9 Å². The molecule has 0 aromatic heterocycles. The van der Waals surface area contributed by atoms with E-state index < -0.39 is 47.7 Å². The van der Waals surface area contributed by atoms with Crippen molar-refractivity contribution in [2.24, 2.45) is 17.4 Å². The van der Waals surface area contributed by atoms with Crippen molar-refractivity contribution in [3.63, 3.8) is 0 Å². The van der Waals surface area contributed by atoms with Gasteiger partial charge in [-0.25, -0.2) is 0 Å². The molecule has 0 radical (unpaired) electrons. The van der Waals surface area contributed by atoms with Crippen LogP contribution in [0.4, 0.5) is 0 Å². The molecule has 2 rings (SSSR count). The van der Waals surface area contributed by atoms with Gasteiger partial charge in [0, 0.05) is 5.92 Å². The van der Waals surface area contributed by atoms with E-state index in [9.17, 15) is 19.2 Å². The Bertz CT molecular complexity index is 967. The van der Waals surface area contributed by atoms with Crippen molar-refractivity contribution < 1.29 is 28.7 Å². The van der Waals surface area contributed by atoms with Crippen molar-refractivity contribution in [2.75, 3.05) is 7.11 Å². The number of benzene rings is 2. The largest absolute Gasteiger partial charge is 0.469 e. The van der Waals surface area contributed by atoms with Gasteiger partial charge in [-0.15, -0.1) is 0 Å². The fourth-order valence-corrected chi connectivity index (χ4v) is 3.27. The average molecular weight is 470 g/mol. The van der Waals surface area contributed by atoms with Gasteiger partial charge >= 0.3 is 11.9 Å². The van der Waals surface area contributed by atoms with Gasteiger partial charge in [0.25, 0.3) is 0 Å². The summed E-state index contributed by atoms with van der Waals surface area (Å²) in [6.07, 6.45) is -0.437. The Morgan fingerprint density at radius 2 is 1.47 bits per heavy atom. The second kappa shape index (κ2) is 13.2. The van der Waals surface area contributed by atoms with Crippen LogP contribution in [0.1, 0.15) is 36.9 Å². The monoisotopic (exact) mass is 469 g/mol. The maximum Gasteiger partial charge on any atom is 0.308 e. The van der Waals surface area contributed by atoms with Gasteiger partial charge in [-0.3, -0.25) is 19.2 Å². The first-order valence-corrected chi connectivity index (χ1v) is 10.9. The Hall–Kier alpha value is -3.56. The number of nitrogens with one attached hydrogen (secondary N) is 1. The predicted molar refractivity (Wildman–Crippen MR) is 125 cm³/mol. The molecular weight excluding hydrogens is 438 g/mol. The van der Waals surface area contributed by atoms with E-state index in [-0.39, 0.29) is 19.4 Å². The average Bonchev–Trinajstić information content (AvgIpc) is 2.86. The van der Waals surface area contributed by atoms with Crippen LogP contribution in [-0.4, -0.2) is 42.8 Å². The minimum atomic E-state index is -1.23. The van der Waals surface area contributed by atoms with E-state index in [1.807, 2.05) is 18.2 Å². The SMILES string of the molecule is COC(=O)CC(NC(=O)C(N)C(C)C(=O)[C@@H](N)CC(=O)OCc1ccccc1)c1ccccc1. The van der Waals surface area contributed by atoms with Crippen molar-refractivity contribution >= 4 is 23.6 Å². The molecule has 2 aromatic carbocycles. The molecule has 9 nitrogen and oxygen atoms in total. The molecule has 4 atom stereocenters. The third-order valence-corrected chi connectivity index (χ3v) is 5.40. The van der Waals surface area contributed by atoms with Crippen LogP contribution in [-0.2, 0) is 35.3 Å². The van der Waals surface area contributed by atoms with Crippen molar-refractivity contribution in [1.29, 1.82) is 0 Å². The van der Waals surface area contributed by atoms with Crippen LogP contribution in [0.15, 0.2) is 60.7 Å². The predicted octanol–water partition coefficient (Wildman–Crippen LogP) is 1.40. The fraction of sp³-hybridized carbons (Fsp3) is 0.360. The van der Waals surface area contributed by atoms with Gasteiger partial charge < -0.3 is 26.3 Å². The molecule has 0 heterocycles. The summed E-state index contributed by atoms with van der Waals surface area (Å²) in [5.41, 5.74) is 13.4. The molecule has 0 aliphatic heterocycles. The fourth-order valence-electron chi connectivity index (χ4n) is 3.27. The third kappa shape index (κ3) is 8.09. The number of nitrogens with two attached hydrogens (primary N) is 2. The summed E-state index contributed by atoms with van der Waals surface area (Å²) in [4.78, 5) is 49.4. The quantitative estimate of drug-likeness (QED) is 0.395. The van der Waals surface area contributed by atoms with E-state index in [1.54, 1.807) is 42.5 Å². The number of methoxy groups -OCH3 is 1. The number of rotatable bonds is 12. The summed E-state index contributed by atoms with van der Waals surface area (Å²) >= 11 is 0. The Morgan fingerprint density at radius 1 is 0.882 bits per heavy atom. The first kappa shape index (κ1) is 26.7. The number of carbonyl (C=O) groups excluding carboxylic acids is 4. The van der Waals surface area contributed by atoms with E-state index in [2.05, 4.69) is 5.32 Å². The van der Waals surface area contributed by atoms with Gasteiger partial charge in [0.05, 0.1) is 38.1 Å². The summed E-state index contributed by atoms with van der Waals surface area (Å²) < 4.78 is 9.87. The normalized spacial score (nSPS) is 14.2. The lowest BCUT2D eigenvalue weighted by Gasteiger charge is -2.24. The Labute approximate surface area is 198 Å². The van der Waals surface area contributed by atoms with E-state index in [0.29, 0.717) is 5.56 Å². The highest BCUT2D eigenvalue weighted by Gasteiger charge is 2.32. The lowest BCUT2D eigenvalue weighted by Crippen LogP contribution is -2.51. The molecule has 9 heteroatoms. The molecule has 0 aliphatic rings. The van der Waals surface area contributed by atoms with Crippen LogP contribution in [0.2, 0.25) is 0 Å². The molecule has 0 bridgehead atoms. The molecule has 1 amide bonds. The van der Waals surface area contributed by atoms with Gasteiger partial charge in [-0.05, 0) is 11.1 Å². The van der Waals surface area contributed by atoms with Crippen LogP contribution < -0.4 is 16.8 Å². The van der Waals surface area contributed by atoms with E-state index >= 15 is 0 Å². The molecule has 0 saturated heterocycles. The number of ether oxygens (including phenoxy) is 2. The highest BCUT2D eigenvalue weighted by molar-refractivity contribution is 5.95. The van der Waals surface area contributed by atoms with Crippen molar-refractivity contribution in [2.45, 2.75) is 44.5 Å². The molecule has 0 spiro atoms. The lowest BCUT2D eigenvalue weighted by molar-refractivity contribution is -0.147. The lowest BCUT2D eigenvalue weighted by atomic mass is 9.91. The molecule has 182 valence electrons. The second-order valence-electron chi connectivity index (χ2n) is 7.93. The van der Waals surface area contributed by atoms with Gasteiger partial charge in [0.2, 0.25) is 5.91 Å². The first-order valence-electron chi connectivity index (χ1n) is 10.9. The Balaban J connectivity index is 1.93. The second-order valence-corrected chi connectivity index (χ2v) is 7.93. The zero-order valence-electron chi connectivity index (χ0n) is 19.3. The maximum atomic E-state index is 12.8. The van der Waals surface area contributed by atoms with E-state index in [0.717, 1.165) is 5.56 Å². The standard InChI is InChI=1S/C25H31N3O6/c1-16(24(31)19(26)13-22(30)34-15-17-9-5-3-6-10-17)23(27)25(32)28-20(14-21(29)33-2)18-11-7-4-8-12-18/h3-12,16,19-20,23H,13-15,26-27H2,1-2H3,(H,28,32)/t16?,19-,20?,23?/m0/s1. The molecule has 2 aromatic rings. The number of amides is 1. The van der Waals surface area contributed by atoms with Crippen molar-refractivity contribution in [3.8, 4) is 0 Å². The van der Waals surface area contributed by atoms with Crippen LogP contribution in [0.25, 0.3) is 0 Å². The zero-order chi connectivity index (χ0) is 25.1. The number of Topliss-reactive ketones (excluding diaryl/α,β-unsaturated/α-hetero) is 1. The zero-order valence-corrected chi connectivity index (χ0v) is 19.3. The highest BCUT2D eigenvalue weighted by Crippen LogP contribution is 2.18. The molecule has 3 unspecified atom stereocenters. The van der Waals surface area contributed by atoms with Crippen LogP contribution in [0.3, 0.4) is 0 Å². The number of hydrogen-bond acceptors (Lipinski definition) is 8. The van der Waals surface area contributed by atoms with Gasteiger partial charge in [0.15, 0.2) is 5.78 Å². The Morgan fingerprint density at radius 3 is 2.06 bits per heavy atom. The molecular formula is C25H31N3O6. The molecule has 0 fully saturated rings. The van der Waals surface area contributed by atoms with Gasteiger partial charge in [-0.2, -0.15) is 0 Å². The molecule has 0 aliphatic carbocycles. The molecule has 5 N–H and O–H groups in total. The summed E-state index contributed by atoms with van der Waals surface area (Å²) in [5, 5.41) is 2.70. The Kier molecular flexibility index (Phi) is 10.4. The molecule has 34 heavy (non-hydrogen) atoms. The first-order chi connectivity index (χ1) is 16.2. The minimum Gasteiger partial charge on any atom is -0.469 e. The summed E-state index contributed by atoms with van der Waals surface area (Å²) in [5.74, 6) is -3.27. The van der Waals surface area contributed by atoms with Crippen molar-refractivity contribution in [1.82, 2.24) is 5.32 Å². The summed E-state index contributed by atoms with van der Waals surface area (Å²) in [6, 6.07) is 14.9. The van der Waals surface area contributed by atoms with E-state index in [1.165, 1.54) is 14.0 Å². The summed E-state index contributed by atoms with van der Waals surface area (Å²) in [6.45, 7) is 1.54. The number of carbonyl (C=O) groups is 4. The van der Waals surface area contributed by atoms with Crippen molar-refractivity contribution in [3.05, 3.63) is 71.8 Å². The summed E-state index contributed by atoms with van der Waals surface area (Å²) in [7, 11) is 1.25.